The molecule has 43 heavy (non-hydrogen) atoms. The summed E-state index contributed by atoms with van der Waals surface area (Å²) in [7, 11) is 0. The zero-order valence-electron chi connectivity index (χ0n) is 25.1. The summed E-state index contributed by atoms with van der Waals surface area (Å²) in [5.74, 6) is -2.40. The van der Waals surface area contributed by atoms with Crippen LogP contribution >= 0.6 is 0 Å². The lowest BCUT2D eigenvalue weighted by Crippen LogP contribution is -2.57. The Bertz CT molecular complexity index is 1170. The van der Waals surface area contributed by atoms with Crippen LogP contribution in [0.2, 0.25) is 0 Å². The summed E-state index contributed by atoms with van der Waals surface area (Å²) in [5.41, 5.74) is 0.609. The third-order valence-corrected chi connectivity index (χ3v) is 5.84. The molecular formula is C31H41F2N3O7. The van der Waals surface area contributed by atoms with Gasteiger partial charge >= 0.3 is 18.7 Å². The van der Waals surface area contributed by atoms with Gasteiger partial charge < -0.3 is 30.2 Å². The number of hydrogen-bond acceptors (Lipinski definition) is 7. The van der Waals surface area contributed by atoms with Crippen LogP contribution in [0.15, 0.2) is 60.7 Å². The van der Waals surface area contributed by atoms with Crippen molar-refractivity contribution in [1.82, 2.24) is 16.0 Å². The fourth-order valence-corrected chi connectivity index (χ4v) is 3.92. The molecule has 2 aromatic carbocycles. The molecule has 3 N–H and O–H groups in total. The largest absolute Gasteiger partial charge is 0.459 e. The van der Waals surface area contributed by atoms with Crippen molar-refractivity contribution >= 4 is 23.9 Å². The van der Waals surface area contributed by atoms with Gasteiger partial charge in [-0.25, -0.2) is 9.59 Å². The summed E-state index contributed by atoms with van der Waals surface area (Å²) in [5, 5.41) is 7.40. The van der Waals surface area contributed by atoms with Crippen LogP contribution in [-0.2, 0) is 41.6 Å². The Hall–Kier alpha value is -4.06. The molecule has 3 atom stereocenters. The maximum absolute atomic E-state index is 13.5. The Balaban J connectivity index is 2.21. The monoisotopic (exact) mass is 605 g/mol. The SMILES string of the molecule is CC(C)C[C@H](NC(=O)[C@H](COC(F)F)NC(=O)OC(C)(C)C)C(=O)N[C@@H](Cc1ccccc1)C(=O)OCc1ccccc1. The third-order valence-electron chi connectivity index (χ3n) is 5.84. The van der Waals surface area contributed by atoms with Gasteiger partial charge in [0.25, 0.3) is 0 Å². The third kappa shape index (κ3) is 14.1. The lowest BCUT2D eigenvalue weighted by molar-refractivity contribution is -0.149. The highest BCUT2D eigenvalue weighted by atomic mass is 19.3. The minimum Gasteiger partial charge on any atom is -0.459 e. The first kappa shape index (κ1) is 35.1. The highest BCUT2D eigenvalue weighted by Crippen LogP contribution is 2.11. The van der Waals surface area contributed by atoms with Gasteiger partial charge in [-0.1, -0.05) is 74.5 Å². The van der Waals surface area contributed by atoms with Gasteiger partial charge in [0.2, 0.25) is 11.8 Å². The molecule has 0 aliphatic rings. The molecule has 0 heterocycles. The van der Waals surface area contributed by atoms with Crippen LogP contribution in [0.4, 0.5) is 13.6 Å². The molecule has 2 aromatic rings. The Morgan fingerprint density at radius 1 is 0.767 bits per heavy atom. The van der Waals surface area contributed by atoms with Crippen molar-refractivity contribution in [2.45, 2.75) is 84.4 Å². The second-order valence-electron chi connectivity index (χ2n) is 11.3. The van der Waals surface area contributed by atoms with Gasteiger partial charge in [0.15, 0.2) is 0 Å². The van der Waals surface area contributed by atoms with Crippen LogP contribution < -0.4 is 16.0 Å². The number of ether oxygens (including phenoxy) is 3. The van der Waals surface area contributed by atoms with Crippen LogP contribution in [0.25, 0.3) is 0 Å². The molecule has 0 unspecified atom stereocenters. The van der Waals surface area contributed by atoms with Gasteiger partial charge in [-0.05, 0) is 44.2 Å². The number of carbonyl (C=O) groups is 4. The van der Waals surface area contributed by atoms with Gasteiger partial charge in [-0.2, -0.15) is 8.78 Å². The molecule has 3 amide bonds. The molecule has 0 saturated carbocycles. The standard InChI is InChI=1S/C31H41F2N3O7/c1-20(2)16-23(34-27(38)25(19-42-29(32)33)36-30(40)43-31(3,4)5)26(37)35-24(17-21-12-8-6-9-13-21)28(39)41-18-22-14-10-7-11-15-22/h6-15,20,23-25,29H,16-19H2,1-5H3,(H,34,38)(H,35,37)(H,36,40)/t23-,24-,25-/m0/s1. The summed E-state index contributed by atoms with van der Waals surface area (Å²) in [6, 6.07) is 14.2. The molecule has 2 rings (SSSR count). The number of esters is 1. The summed E-state index contributed by atoms with van der Waals surface area (Å²) >= 11 is 0. The Kier molecular flexibility index (Phi) is 14.0. The molecule has 12 heteroatoms. The summed E-state index contributed by atoms with van der Waals surface area (Å²) < 4.78 is 40.5. The van der Waals surface area contributed by atoms with Crippen LogP contribution in [0.5, 0.6) is 0 Å². The van der Waals surface area contributed by atoms with Gasteiger partial charge in [0.1, 0.15) is 30.3 Å². The number of benzene rings is 2. The first-order valence-corrected chi connectivity index (χ1v) is 14.0. The number of halogens is 2. The summed E-state index contributed by atoms with van der Waals surface area (Å²) in [4.78, 5) is 52.1. The predicted molar refractivity (Wildman–Crippen MR) is 155 cm³/mol. The molecule has 0 radical (unpaired) electrons. The van der Waals surface area contributed by atoms with E-state index < -0.39 is 60.8 Å². The van der Waals surface area contributed by atoms with E-state index in [0.717, 1.165) is 11.1 Å². The first-order valence-electron chi connectivity index (χ1n) is 14.0. The van der Waals surface area contributed by atoms with Crippen molar-refractivity contribution in [2.24, 2.45) is 5.92 Å². The molecule has 0 bridgehead atoms. The van der Waals surface area contributed by atoms with Gasteiger partial charge in [-0.3, -0.25) is 9.59 Å². The van der Waals surface area contributed by atoms with E-state index in [9.17, 15) is 28.0 Å². The number of amides is 3. The molecule has 0 aliphatic carbocycles. The van der Waals surface area contributed by atoms with Crippen molar-refractivity contribution in [2.75, 3.05) is 6.61 Å². The number of nitrogens with one attached hydrogen (secondary N) is 3. The van der Waals surface area contributed by atoms with Crippen LogP contribution in [0.3, 0.4) is 0 Å². The number of rotatable bonds is 15. The minimum atomic E-state index is -3.20. The van der Waals surface area contributed by atoms with E-state index in [-0.39, 0.29) is 25.4 Å². The van der Waals surface area contributed by atoms with E-state index in [1.165, 1.54) is 0 Å². The predicted octanol–water partition coefficient (Wildman–Crippen LogP) is 4.12. The zero-order valence-corrected chi connectivity index (χ0v) is 25.1. The molecular weight excluding hydrogens is 564 g/mol. The Morgan fingerprint density at radius 2 is 1.30 bits per heavy atom. The molecule has 10 nitrogen and oxygen atoms in total. The van der Waals surface area contributed by atoms with Gasteiger partial charge in [-0.15, -0.1) is 0 Å². The lowest BCUT2D eigenvalue weighted by atomic mass is 10.0. The topological polar surface area (TPSA) is 132 Å². The first-order chi connectivity index (χ1) is 20.2. The minimum absolute atomic E-state index is 0.00482. The van der Waals surface area contributed by atoms with Gasteiger partial charge in [0.05, 0.1) is 6.61 Å². The zero-order chi connectivity index (χ0) is 32.0. The van der Waals surface area contributed by atoms with Crippen molar-refractivity contribution in [3.63, 3.8) is 0 Å². The normalized spacial score (nSPS) is 13.5. The van der Waals surface area contributed by atoms with E-state index in [0.29, 0.717) is 0 Å². The number of alkyl halides is 2. The summed E-state index contributed by atoms with van der Waals surface area (Å²) in [6.07, 6.45) is -0.767. The Labute approximate surface area is 250 Å². The van der Waals surface area contributed by atoms with E-state index in [1.807, 2.05) is 38.1 Å². The van der Waals surface area contributed by atoms with Crippen LogP contribution in [0.1, 0.15) is 52.2 Å². The van der Waals surface area contributed by atoms with E-state index in [4.69, 9.17) is 9.47 Å². The average Bonchev–Trinajstić information content (AvgIpc) is 2.93. The van der Waals surface area contributed by atoms with Gasteiger partial charge in [0, 0.05) is 6.42 Å². The second kappa shape index (κ2) is 17.2. The molecule has 0 aromatic heterocycles. The van der Waals surface area contributed by atoms with E-state index in [2.05, 4.69) is 20.7 Å². The highest BCUT2D eigenvalue weighted by Gasteiger charge is 2.32. The number of hydrogen-bond donors (Lipinski definition) is 3. The smallest absolute Gasteiger partial charge is 0.408 e. The maximum Gasteiger partial charge on any atom is 0.408 e. The molecule has 0 aliphatic heterocycles. The van der Waals surface area contributed by atoms with E-state index >= 15 is 0 Å². The van der Waals surface area contributed by atoms with Crippen molar-refractivity contribution in [3.05, 3.63) is 71.8 Å². The Morgan fingerprint density at radius 3 is 1.84 bits per heavy atom. The number of carbonyl (C=O) groups excluding carboxylic acids is 4. The van der Waals surface area contributed by atoms with Crippen molar-refractivity contribution in [1.29, 1.82) is 0 Å². The van der Waals surface area contributed by atoms with Crippen molar-refractivity contribution < 1.29 is 42.2 Å². The molecule has 0 fully saturated rings. The molecule has 0 spiro atoms. The average molecular weight is 606 g/mol. The fourth-order valence-electron chi connectivity index (χ4n) is 3.92. The lowest BCUT2D eigenvalue weighted by Gasteiger charge is -2.27. The van der Waals surface area contributed by atoms with Crippen LogP contribution in [-0.4, -0.2) is 60.8 Å². The summed E-state index contributed by atoms with van der Waals surface area (Å²) in [6.45, 7) is 4.34. The second-order valence-corrected chi connectivity index (χ2v) is 11.3. The fraction of sp³-hybridized carbons (Fsp3) is 0.484. The van der Waals surface area contributed by atoms with E-state index in [1.54, 1.807) is 57.2 Å². The maximum atomic E-state index is 13.5. The van der Waals surface area contributed by atoms with Crippen molar-refractivity contribution in [3.8, 4) is 0 Å². The number of alkyl carbamates (subject to hydrolysis) is 1. The molecule has 236 valence electrons. The molecule has 0 saturated heterocycles. The van der Waals surface area contributed by atoms with Crippen LogP contribution in [0, 0.1) is 5.92 Å². The quantitative estimate of drug-likeness (QED) is 0.260. The highest BCUT2D eigenvalue weighted by molar-refractivity contribution is 5.93.